The van der Waals surface area contributed by atoms with Crippen molar-refractivity contribution < 1.29 is 18.8 Å². The van der Waals surface area contributed by atoms with E-state index >= 15 is 0 Å². The van der Waals surface area contributed by atoms with Crippen molar-refractivity contribution in [2.45, 2.75) is 52.2 Å². The lowest BCUT2D eigenvalue weighted by Crippen LogP contribution is -2.41. The molecule has 0 amide bonds. The number of hydrogen-bond acceptors (Lipinski definition) is 4. The number of benzene rings is 1. The van der Waals surface area contributed by atoms with E-state index in [1.165, 1.54) is 0 Å². The third kappa shape index (κ3) is 3.14. The van der Waals surface area contributed by atoms with Crippen molar-refractivity contribution in [2.24, 2.45) is 0 Å². The smallest absolute Gasteiger partial charge is 0.493 e. The van der Waals surface area contributed by atoms with Crippen molar-refractivity contribution in [1.29, 1.82) is 0 Å². The summed E-state index contributed by atoms with van der Waals surface area (Å²) in [7, 11) is -0.445. The molecule has 1 saturated heterocycles. The van der Waals surface area contributed by atoms with Crippen molar-refractivity contribution in [2.75, 3.05) is 6.61 Å². The summed E-state index contributed by atoms with van der Waals surface area (Å²) < 4.78 is 17.7. The van der Waals surface area contributed by atoms with Gasteiger partial charge in [-0.15, -0.1) is 0 Å². The largest absolute Gasteiger partial charge is 0.494 e. The fraction of sp³-hybridized carbons (Fsp3) is 0.562. The fourth-order valence-electron chi connectivity index (χ4n) is 2.11. The molecule has 0 atom stereocenters. The van der Waals surface area contributed by atoms with Gasteiger partial charge in [0, 0.05) is 0 Å². The van der Waals surface area contributed by atoms with Gasteiger partial charge in [-0.25, -0.2) is 0 Å². The van der Waals surface area contributed by atoms with E-state index in [1.807, 2.05) is 46.8 Å². The van der Waals surface area contributed by atoms with E-state index in [4.69, 9.17) is 14.0 Å². The van der Waals surface area contributed by atoms with Gasteiger partial charge in [0.25, 0.3) is 0 Å². The molecule has 1 aliphatic heterocycles. The van der Waals surface area contributed by atoms with Crippen molar-refractivity contribution in [3.63, 3.8) is 0 Å². The lowest BCUT2D eigenvalue weighted by molar-refractivity contribution is 0.00578. The minimum absolute atomic E-state index is 0.383. The van der Waals surface area contributed by atoms with Gasteiger partial charge in [-0.3, -0.25) is 4.79 Å². The summed E-state index contributed by atoms with van der Waals surface area (Å²) in [4.78, 5) is 11.1. The molecule has 1 aromatic carbocycles. The molecule has 0 saturated carbocycles. The maximum Gasteiger partial charge on any atom is 0.494 e. The second-order valence-electron chi connectivity index (χ2n) is 6.35. The lowest BCUT2D eigenvalue weighted by atomic mass is 9.78. The highest BCUT2D eigenvalue weighted by Gasteiger charge is 2.51. The second-order valence-corrected chi connectivity index (χ2v) is 6.35. The number of aldehydes is 1. The highest BCUT2D eigenvalue weighted by atomic mass is 16.7. The Balaban J connectivity index is 2.27. The summed E-state index contributed by atoms with van der Waals surface area (Å²) in [6, 6.07) is 5.44. The molecule has 0 aromatic heterocycles. The van der Waals surface area contributed by atoms with Crippen molar-refractivity contribution >= 4 is 18.9 Å². The molecule has 114 valence electrons. The first-order valence-corrected chi connectivity index (χ1v) is 7.38. The normalized spacial score (nSPS) is 19.6. The van der Waals surface area contributed by atoms with Gasteiger partial charge in [-0.2, -0.15) is 0 Å². The molecule has 1 aromatic rings. The molecular formula is C16H23BO4. The van der Waals surface area contributed by atoms with Crippen molar-refractivity contribution in [3.8, 4) is 5.75 Å². The summed E-state index contributed by atoms with van der Waals surface area (Å²) in [5.74, 6) is 0.582. The Morgan fingerprint density at radius 3 is 2.33 bits per heavy atom. The lowest BCUT2D eigenvalue weighted by Gasteiger charge is -2.32. The molecule has 21 heavy (non-hydrogen) atoms. The van der Waals surface area contributed by atoms with Crippen LogP contribution in [0.25, 0.3) is 0 Å². The fourth-order valence-corrected chi connectivity index (χ4v) is 2.11. The van der Waals surface area contributed by atoms with Crippen LogP contribution in [0.5, 0.6) is 5.75 Å². The van der Waals surface area contributed by atoms with Gasteiger partial charge < -0.3 is 14.0 Å². The monoisotopic (exact) mass is 290 g/mol. The molecule has 0 unspecified atom stereocenters. The maximum atomic E-state index is 11.1. The van der Waals surface area contributed by atoms with E-state index in [1.54, 1.807) is 6.07 Å². The van der Waals surface area contributed by atoms with E-state index in [9.17, 15) is 4.79 Å². The highest BCUT2D eigenvalue weighted by Crippen LogP contribution is 2.36. The minimum atomic E-state index is -0.445. The summed E-state index contributed by atoms with van der Waals surface area (Å²) in [5, 5.41) is 0. The standard InChI is InChI=1S/C16H23BO4/c1-6-9-19-14-10-13(8-7-12(14)11-18)17-20-15(2,3)16(4,5)21-17/h7-8,10-11H,6,9H2,1-5H3. The van der Waals surface area contributed by atoms with Gasteiger partial charge >= 0.3 is 7.12 Å². The van der Waals surface area contributed by atoms with Gasteiger partial charge in [0.1, 0.15) is 5.75 Å². The molecule has 1 heterocycles. The Morgan fingerprint density at radius 1 is 1.19 bits per heavy atom. The summed E-state index contributed by atoms with van der Waals surface area (Å²) in [5.41, 5.74) is 0.644. The third-order valence-corrected chi connectivity index (χ3v) is 4.15. The molecule has 2 rings (SSSR count). The first kappa shape index (κ1) is 16.1. The van der Waals surface area contributed by atoms with E-state index in [-0.39, 0.29) is 11.2 Å². The van der Waals surface area contributed by atoms with E-state index < -0.39 is 7.12 Å². The first-order chi connectivity index (χ1) is 9.80. The maximum absolute atomic E-state index is 11.1. The Hall–Kier alpha value is -1.33. The predicted octanol–water partition coefficient (Wildman–Crippen LogP) is 2.59. The van der Waals surface area contributed by atoms with Crippen LogP contribution < -0.4 is 10.2 Å². The first-order valence-electron chi connectivity index (χ1n) is 7.38. The molecule has 0 aliphatic carbocycles. The van der Waals surface area contributed by atoms with Crippen LogP contribution in [-0.4, -0.2) is 31.2 Å². The topological polar surface area (TPSA) is 44.8 Å². The van der Waals surface area contributed by atoms with Crippen LogP contribution in [0.15, 0.2) is 18.2 Å². The van der Waals surface area contributed by atoms with Gasteiger partial charge in [-0.1, -0.05) is 13.0 Å². The van der Waals surface area contributed by atoms with E-state index in [0.29, 0.717) is 17.9 Å². The molecule has 0 N–H and O–H groups in total. The van der Waals surface area contributed by atoms with Gasteiger partial charge in [-0.05, 0) is 51.7 Å². The number of rotatable bonds is 5. The average molecular weight is 290 g/mol. The van der Waals surface area contributed by atoms with Crippen LogP contribution in [-0.2, 0) is 9.31 Å². The Bertz CT molecular complexity index is 509. The van der Waals surface area contributed by atoms with Crippen LogP contribution in [0.2, 0.25) is 0 Å². The van der Waals surface area contributed by atoms with Crippen LogP contribution >= 0.6 is 0 Å². The van der Waals surface area contributed by atoms with Gasteiger partial charge in [0.05, 0.1) is 23.4 Å². The zero-order valence-electron chi connectivity index (χ0n) is 13.4. The predicted molar refractivity (Wildman–Crippen MR) is 83.3 cm³/mol. The molecular weight excluding hydrogens is 267 g/mol. The molecule has 0 spiro atoms. The zero-order valence-corrected chi connectivity index (χ0v) is 13.4. The Morgan fingerprint density at radius 2 is 1.81 bits per heavy atom. The summed E-state index contributed by atoms with van der Waals surface area (Å²) in [6.45, 7) is 10.7. The van der Waals surface area contributed by atoms with Gasteiger partial charge in [0.15, 0.2) is 6.29 Å². The van der Waals surface area contributed by atoms with Crippen LogP contribution in [0, 0.1) is 0 Å². The van der Waals surface area contributed by atoms with Crippen molar-refractivity contribution in [1.82, 2.24) is 0 Å². The van der Waals surface area contributed by atoms with E-state index in [0.717, 1.165) is 18.2 Å². The number of ether oxygens (including phenoxy) is 1. The van der Waals surface area contributed by atoms with E-state index in [2.05, 4.69) is 0 Å². The third-order valence-electron chi connectivity index (χ3n) is 4.15. The summed E-state index contributed by atoms with van der Waals surface area (Å²) in [6.07, 6.45) is 1.69. The summed E-state index contributed by atoms with van der Waals surface area (Å²) >= 11 is 0. The molecule has 0 radical (unpaired) electrons. The van der Waals surface area contributed by atoms with Crippen LogP contribution in [0.1, 0.15) is 51.4 Å². The molecule has 5 heteroatoms. The van der Waals surface area contributed by atoms with Crippen LogP contribution in [0.3, 0.4) is 0 Å². The number of carbonyl (C=O) groups is 1. The molecule has 4 nitrogen and oxygen atoms in total. The molecule has 1 fully saturated rings. The zero-order chi connectivity index (χ0) is 15.7. The Labute approximate surface area is 126 Å². The minimum Gasteiger partial charge on any atom is -0.493 e. The quantitative estimate of drug-likeness (QED) is 0.617. The average Bonchev–Trinajstić information content (AvgIpc) is 2.65. The van der Waals surface area contributed by atoms with Gasteiger partial charge in [0.2, 0.25) is 0 Å². The molecule has 1 aliphatic rings. The number of carbonyl (C=O) groups excluding carboxylic acids is 1. The highest BCUT2D eigenvalue weighted by molar-refractivity contribution is 6.62. The molecule has 0 bridgehead atoms. The van der Waals surface area contributed by atoms with Crippen molar-refractivity contribution in [3.05, 3.63) is 23.8 Å². The number of hydrogen-bond donors (Lipinski definition) is 0. The second kappa shape index (κ2) is 5.81. The SMILES string of the molecule is CCCOc1cc(B2OC(C)(C)C(C)(C)O2)ccc1C=O. The van der Waals surface area contributed by atoms with Crippen LogP contribution in [0.4, 0.5) is 0 Å². The Kier molecular flexibility index (Phi) is 4.44.